The number of nitrogens with zero attached hydrogens (tertiary/aromatic N) is 1. The van der Waals surface area contributed by atoms with Gasteiger partial charge in [0.25, 0.3) is 5.91 Å². The van der Waals surface area contributed by atoms with Crippen LogP contribution in [0.4, 0.5) is 13.2 Å². The summed E-state index contributed by atoms with van der Waals surface area (Å²) in [4.78, 5) is 15.3. The zero-order valence-corrected chi connectivity index (χ0v) is 10.5. The summed E-state index contributed by atoms with van der Waals surface area (Å²) in [5.74, 6) is -0.574. The molecule has 3 nitrogen and oxygen atoms in total. The summed E-state index contributed by atoms with van der Waals surface area (Å²) in [5, 5.41) is 2.26. The second-order valence-corrected chi connectivity index (χ2v) is 4.50. The van der Waals surface area contributed by atoms with Crippen LogP contribution in [0.5, 0.6) is 0 Å². The molecule has 0 radical (unpaired) electrons. The van der Waals surface area contributed by atoms with Crippen LogP contribution in [-0.2, 0) is 0 Å². The summed E-state index contributed by atoms with van der Waals surface area (Å²) in [6.07, 6.45) is -2.57. The van der Waals surface area contributed by atoms with Crippen molar-refractivity contribution in [1.29, 1.82) is 0 Å². The number of amides is 1. The fraction of sp³-hybridized carbons (Fsp3) is 0.400. The molecule has 0 saturated heterocycles. The van der Waals surface area contributed by atoms with Gasteiger partial charge in [-0.1, -0.05) is 0 Å². The lowest BCUT2D eigenvalue weighted by Gasteiger charge is -2.15. The van der Waals surface area contributed by atoms with Gasteiger partial charge in [-0.2, -0.15) is 13.2 Å². The van der Waals surface area contributed by atoms with Gasteiger partial charge in [0.05, 0.1) is 12.0 Å². The molecule has 0 bridgehead atoms. The molecule has 1 N–H and O–H groups in total. The number of carbonyl (C=O) groups excluding carboxylic acids is 1. The summed E-state index contributed by atoms with van der Waals surface area (Å²) >= 11 is 3.12. The molecule has 94 valence electrons. The van der Waals surface area contributed by atoms with E-state index in [0.29, 0.717) is 4.47 Å². The second-order valence-electron chi connectivity index (χ2n) is 3.59. The molecule has 1 unspecified atom stereocenters. The Hall–Kier alpha value is -1.11. The quantitative estimate of drug-likeness (QED) is 0.932. The minimum absolute atomic E-state index is 0.216. The topological polar surface area (TPSA) is 42.0 Å². The normalized spacial score (nSPS) is 13.2. The Morgan fingerprint density at radius 3 is 2.71 bits per heavy atom. The zero-order chi connectivity index (χ0) is 13.1. The third-order valence-electron chi connectivity index (χ3n) is 1.88. The molecule has 7 heteroatoms. The number of halogens is 4. The molecule has 0 aromatic carbocycles. The molecule has 1 heterocycles. The largest absolute Gasteiger partial charge is 0.391 e. The Morgan fingerprint density at radius 1 is 1.53 bits per heavy atom. The van der Waals surface area contributed by atoms with Crippen LogP contribution in [0, 0.1) is 0 Å². The van der Waals surface area contributed by atoms with Gasteiger partial charge >= 0.3 is 6.18 Å². The van der Waals surface area contributed by atoms with Crippen LogP contribution in [-0.4, -0.2) is 23.1 Å². The molecule has 1 rings (SSSR count). The van der Waals surface area contributed by atoms with Gasteiger partial charge in [0.15, 0.2) is 0 Å². The molecular formula is C10H10BrF3N2O. The lowest BCUT2D eigenvalue weighted by Crippen LogP contribution is -2.35. The summed E-state index contributed by atoms with van der Waals surface area (Å²) in [7, 11) is 0. The van der Waals surface area contributed by atoms with Gasteiger partial charge in [-0.15, -0.1) is 0 Å². The molecule has 0 aliphatic heterocycles. The first-order valence-electron chi connectivity index (χ1n) is 4.76. The van der Waals surface area contributed by atoms with Crippen molar-refractivity contribution in [1.82, 2.24) is 10.3 Å². The third-order valence-corrected chi connectivity index (χ3v) is 2.32. The molecule has 0 aliphatic rings. The highest BCUT2D eigenvalue weighted by molar-refractivity contribution is 9.10. The molecule has 1 atom stereocenters. The van der Waals surface area contributed by atoms with Gasteiger partial charge in [0, 0.05) is 22.9 Å². The van der Waals surface area contributed by atoms with Crippen molar-refractivity contribution in [3.63, 3.8) is 0 Å². The Kier molecular flexibility index (Phi) is 4.50. The van der Waals surface area contributed by atoms with Crippen molar-refractivity contribution in [3.05, 3.63) is 28.5 Å². The lowest BCUT2D eigenvalue weighted by atomic mass is 10.2. The Bertz CT molecular complexity index is 409. The average molecular weight is 311 g/mol. The van der Waals surface area contributed by atoms with Gasteiger partial charge in [-0.25, -0.2) is 0 Å². The molecular weight excluding hydrogens is 301 g/mol. The highest BCUT2D eigenvalue weighted by Gasteiger charge is 2.30. The Morgan fingerprint density at radius 2 is 2.18 bits per heavy atom. The van der Waals surface area contributed by atoms with Crippen molar-refractivity contribution in [2.24, 2.45) is 0 Å². The smallest absolute Gasteiger partial charge is 0.349 e. The molecule has 0 aliphatic carbocycles. The summed E-state index contributed by atoms with van der Waals surface area (Å²) in [6, 6.07) is 0.518. The van der Waals surface area contributed by atoms with Crippen LogP contribution in [0.1, 0.15) is 23.7 Å². The predicted octanol–water partition coefficient (Wildman–Crippen LogP) is 2.91. The van der Waals surface area contributed by atoms with Crippen LogP contribution in [0.2, 0.25) is 0 Å². The van der Waals surface area contributed by atoms with E-state index >= 15 is 0 Å². The van der Waals surface area contributed by atoms with Crippen molar-refractivity contribution >= 4 is 21.8 Å². The van der Waals surface area contributed by atoms with Gasteiger partial charge in [0.2, 0.25) is 0 Å². The standard InChI is InChI=1S/C10H10BrF3N2O/c1-6(3-10(12,13)14)16-9(17)7-2-8(11)5-15-4-7/h2,4-6H,3H2,1H3,(H,16,17). The monoisotopic (exact) mass is 310 g/mol. The lowest BCUT2D eigenvalue weighted by molar-refractivity contribution is -0.138. The number of aromatic nitrogens is 1. The van der Waals surface area contributed by atoms with E-state index < -0.39 is 24.5 Å². The van der Waals surface area contributed by atoms with E-state index in [-0.39, 0.29) is 5.56 Å². The number of nitrogens with one attached hydrogen (secondary N) is 1. The second kappa shape index (κ2) is 5.48. The Labute approximate surface area is 105 Å². The molecule has 1 amide bonds. The number of carbonyl (C=O) groups is 1. The first-order chi connectivity index (χ1) is 7.78. The van der Waals surface area contributed by atoms with Crippen LogP contribution in [0.3, 0.4) is 0 Å². The summed E-state index contributed by atoms with van der Waals surface area (Å²) in [6.45, 7) is 1.30. The van der Waals surface area contributed by atoms with Crippen LogP contribution in [0.15, 0.2) is 22.9 Å². The highest BCUT2D eigenvalue weighted by Crippen LogP contribution is 2.21. The van der Waals surface area contributed by atoms with Crippen molar-refractivity contribution < 1.29 is 18.0 Å². The molecule has 0 spiro atoms. The molecule has 1 aromatic heterocycles. The van der Waals surface area contributed by atoms with Crippen LogP contribution >= 0.6 is 15.9 Å². The zero-order valence-electron chi connectivity index (χ0n) is 8.88. The minimum Gasteiger partial charge on any atom is -0.349 e. The maximum Gasteiger partial charge on any atom is 0.391 e. The number of rotatable bonds is 3. The first kappa shape index (κ1) is 14.0. The maximum atomic E-state index is 12.1. The fourth-order valence-electron chi connectivity index (χ4n) is 1.24. The summed E-state index contributed by atoms with van der Waals surface area (Å²) in [5.41, 5.74) is 0.216. The van der Waals surface area contributed by atoms with Crippen LogP contribution in [0.25, 0.3) is 0 Å². The van der Waals surface area contributed by atoms with Crippen molar-refractivity contribution in [2.45, 2.75) is 25.6 Å². The first-order valence-corrected chi connectivity index (χ1v) is 5.55. The number of alkyl halides is 3. The van der Waals surface area contributed by atoms with Gasteiger partial charge in [0.1, 0.15) is 0 Å². The van der Waals surface area contributed by atoms with E-state index in [2.05, 4.69) is 26.2 Å². The van der Waals surface area contributed by atoms with E-state index in [1.165, 1.54) is 25.4 Å². The maximum absolute atomic E-state index is 12.1. The van der Waals surface area contributed by atoms with Crippen molar-refractivity contribution in [2.75, 3.05) is 0 Å². The average Bonchev–Trinajstić information content (AvgIpc) is 2.14. The van der Waals surface area contributed by atoms with E-state index in [4.69, 9.17) is 0 Å². The number of hydrogen-bond acceptors (Lipinski definition) is 2. The van der Waals surface area contributed by atoms with Gasteiger partial charge in [-0.05, 0) is 28.9 Å². The fourth-order valence-corrected chi connectivity index (χ4v) is 1.61. The summed E-state index contributed by atoms with van der Waals surface area (Å²) < 4.78 is 36.7. The van der Waals surface area contributed by atoms with E-state index in [0.717, 1.165) is 0 Å². The van der Waals surface area contributed by atoms with E-state index in [1.54, 1.807) is 0 Å². The van der Waals surface area contributed by atoms with E-state index in [1.807, 2.05) is 0 Å². The predicted molar refractivity (Wildman–Crippen MR) is 59.5 cm³/mol. The van der Waals surface area contributed by atoms with Gasteiger partial charge in [-0.3, -0.25) is 9.78 Å². The third kappa shape index (κ3) is 5.16. The Balaban J connectivity index is 2.61. The molecule has 0 saturated carbocycles. The number of pyridine rings is 1. The molecule has 1 aromatic rings. The SMILES string of the molecule is CC(CC(F)(F)F)NC(=O)c1cncc(Br)c1. The van der Waals surface area contributed by atoms with Crippen LogP contribution < -0.4 is 5.32 Å². The molecule has 0 fully saturated rings. The highest BCUT2D eigenvalue weighted by atomic mass is 79.9. The van der Waals surface area contributed by atoms with Gasteiger partial charge < -0.3 is 5.32 Å². The van der Waals surface area contributed by atoms with Crippen molar-refractivity contribution in [3.8, 4) is 0 Å². The number of hydrogen-bond donors (Lipinski definition) is 1. The minimum atomic E-state index is -4.29. The molecule has 17 heavy (non-hydrogen) atoms. The van der Waals surface area contributed by atoms with E-state index in [9.17, 15) is 18.0 Å².